The second-order valence-corrected chi connectivity index (χ2v) is 10.9. The lowest BCUT2D eigenvalue weighted by Gasteiger charge is -2.34. The number of rotatable bonds is 9. The average Bonchev–Trinajstić information content (AvgIpc) is 2.92. The van der Waals surface area contributed by atoms with Gasteiger partial charge in [0.05, 0.1) is 0 Å². The van der Waals surface area contributed by atoms with Crippen molar-refractivity contribution in [1.82, 2.24) is 10.2 Å². The molecule has 2 N–H and O–H groups in total. The molecule has 0 heterocycles. The lowest BCUT2D eigenvalue weighted by atomic mass is 9.99. The maximum Gasteiger partial charge on any atom is 0.408 e. The van der Waals surface area contributed by atoms with E-state index in [-0.39, 0.29) is 18.9 Å². The summed E-state index contributed by atoms with van der Waals surface area (Å²) in [6, 6.07) is 20.2. The summed E-state index contributed by atoms with van der Waals surface area (Å²) in [5.74, 6) is 1.80. The summed E-state index contributed by atoms with van der Waals surface area (Å²) in [4.78, 5) is 42.6. The number of aryl methyl sites for hydroxylation is 2. The Morgan fingerprint density at radius 3 is 2.07 bits per heavy atom. The van der Waals surface area contributed by atoms with Gasteiger partial charge in [-0.3, -0.25) is 9.59 Å². The third kappa shape index (κ3) is 8.46. The second-order valence-electron chi connectivity index (χ2n) is 10.9. The van der Waals surface area contributed by atoms with Crippen LogP contribution in [0.5, 0.6) is 0 Å². The predicted octanol–water partition coefficient (Wildman–Crippen LogP) is 5.95. The third-order valence-corrected chi connectivity index (χ3v) is 6.58. The Bertz CT molecular complexity index is 1380. The molecule has 0 saturated heterocycles. The van der Waals surface area contributed by atoms with Gasteiger partial charge in [0.15, 0.2) is 0 Å². The first-order chi connectivity index (χ1) is 19.4. The standard InChI is InChI=1S/C34H39N3O4/c1-8-25-18-20-27(21-19-25)30(31(38)36-29-23(3)14-13-15-24(29)4)37(9-2)32(39)28(22-26-16-11-10-12-17-26)35-33(40)41-34(5,6)7/h1,10-21,28,30H,9,22H2,2-7H3,(H,35,40)(H,36,38). The van der Waals surface area contributed by atoms with E-state index in [0.29, 0.717) is 16.8 Å². The molecule has 0 aliphatic rings. The number of amides is 3. The smallest absolute Gasteiger partial charge is 0.408 e. The number of anilines is 1. The number of hydrogen-bond donors (Lipinski definition) is 2. The van der Waals surface area contributed by atoms with Crippen LogP contribution in [-0.2, 0) is 20.7 Å². The average molecular weight is 554 g/mol. The minimum absolute atomic E-state index is 0.210. The number of carbonyl (C=O) groups is 3. The van der Waals surface area contributed by atoms with Gasteiger partial charge in [0, 0.05) is 24.2 Å². The highest BCUT2D eigenvalue weighted by Gasteiger charge is 2.36. The van der Waals surface area contributed by atoms with E-state index >= 15 is 0 Å². The van der Waals surface area contributed by atoms with Gasteiger partial charge in [-0.2, -0.15) is 0 Å². The maximum atomic E-state index is 14.3. The van der Waals surface area contributed by atoms with Crippen LogP contribution in [-0.4, -0.2) is 41.0 Å². The first-order valence-electron chi connectivity index (χ1n) is 13.7. The van der Waals surface area contributed by atoms with Crippen LogP contribution in [0.1, 0.15) is 61.6 Å². The van der Waals surface area contributed by atoms with Gasteiger partial charge in [0.1, 0.15) is 17.7 Å². The molecule has 0 radical (unpaired) electrons. The highest BCUT2D eigenvalue weighted by atomic mass is 16.6. The normalized spacial score (nSPS) is 12.4. The molecule has 7 heteroatoms. The molecule has 3 rings (SSSR count). The van der Waals surface area contributed by atoms with E-state index in [0.717, 1.165) is 16.7 Å². The molecule has 0 bridgehead atoms. The van der Waals surface area contributed by atoms with Gasteiger partial charge < -0.3 is 20.3 Å². The van der Waals surface area contributed by atoms with Crippen molar-refractivity contribution >= 4 is 23.6 Å². The van der Waals surface area contributed by atoms with Gasteiger partial charge in [0.25, 0.3) is 5.91 Å². The van der Waals surface area contributed by atoms with Crippen LogP contribution in [0.2, 0.25) is 0 Å². The fourth-order valence-corrected chi connectivity index (χ4v) is 4.60. The monoisotopic (exact) mass is 553 g/mol. The van der Waals surface area contributed by atoms with Crippen molar-refractivity contribution in [2.45, 2.75) is 65.6 Å². The van der Waals surface area contributed by atoms with Crippen molar-refractivity contribution in [3.63, 3.8) is 0 Å². The molecule has 0 fully saturated rings. The fourth-order valence-electron chi connectivity index (χ4n) is 4.60. The van der Waals surface area contributed by atoms with E-state index in [2.05, 4.69) is 16.6 Å². The van der Waals surface area contributed by atoms with Crippen LogP contribution >= 0.6 is 0 Å². The van der Waals surface area contributed by atoms with Crippen LogP contribution in [0.25, 0.3) is 0 Å². The molecule has 0 aliphatic heterocycles. The molecular formula is C34H39N3O4. The number of terminal acetylenes is 1. The molecule has 3 amide bonds. The van der Waals surface area contributed by atoms with Crippen LogP contribution in [0.4, 0.5) is 10.5 Å². The number of carbonyl (C=O) groups excluding carboxylic acids is 3. The second kappa shape index (κ2) is 13.7. The third-order valence-electron chi connectivity index (χ3n) is 6.58. The molecule has 0 aromatic heterocycles. The summed E-state index contributed by atoms with van der Waals surface area (Å²) in [7, 11) is 0. The predicted molar refractivity (Wildman–Crippen MR) is 162 cm³/mol. The van der Waals surface area contributed by atoms with Crippen LogP contribution < -0.4 is 10.6 Å². The van der Waals surface area contributed by atoms with Crippen LogP contribution in [0.3, 0.4) is 0 Å². The molecule has 0 aliphatic carbocycles. The van der Waals surface area contributed by atoms with Gasteiger partial charge in [-0.05, 0) is 75.9 Å². The van der Waals surface area contributed by atoms with Gasteiger partial charge in [-0.15, -0.1) is 6.42 Å². The molecule has 41 heavy (non-hydrogen) atoms. The van der Waals surface area contributed by atoms with Crippen molar-refractivity contribution in [2.75, 3.05) is 11.9 Å². The number of ether oxygens (including phenoxy) is 1. The van der Waals surface area contributed by atoms with Gasteiger partial charge in [-0.25, -0.2) is 4.79 Å². The van der Waals surface area contributed by atoms with E-state index in [4.69, 9.17) is 11.2 Å². The van der Waals surface area contributed by atoms with Gasteiger partial charge >= 0.3 is 6.09 Å². The lowest BCUT2D eigenvalue weighted by Crippen LogP contribution is -2.53. The molecule has 0 saturated carbocycles. The number of alkyl carbamates (subject to hydrolysis) is 1. The number of likely N-dealkylation sites (N-methyl/N-ethyl adjacent to an activating group) is 1. The fraction of sp³-hybridized carbons (Fsp3) is 0.324. The van der Waals surface area contributed by atoms with Crippen molar-refractivity contribution in [3.8, 4) is 12.3 Å². The summed E-state index contributed by atoms with van der Waals surface area (Å²) in [5, 5.41) is 5.81. The lowest BCUT2D eigenvalue weighted by molar-refractivity contribution is -0.140. The molecular weight excluding hydrogens is 514 g/mol. The van der Waals surface area contributed by atoms with Crippen molar-refractivity contribution in [1.29, 1.82) is 0 Å². The van der Waals surface area contributed by atoms with Crippen molar-refractivity contribution in [2.24, 2.45) is 0 Å². The molecule has 3 aromatic rings. The van der Waals surface area contributed by atoms with E-state index in [1.165, 1.54) is 4.90 Å². The molecule has 2 atom stereocenters. The first-order valence-corrected chi connectivity index (χ1v) is 13.7. The van der Waals surface area contributed by atoms with Crippen molar-refractivity contribution < 1.29 is 19.1 Å². The Labute approximate surface area is 243 Å². The van der Waals surface area contributed by atoms with E-state index in [1.807, 2.05) is 62.4 Å². The quantitative estimate of drug-likeness (QED) is 0.321. The minimum Gasteiger partial charge on any atom is -0.444 e. The van der Waals surface area contributed by atoms with E-state index in [9.17, 15) is 14.4 Å². The topological polar surface area (TPSA) is 87.7 Å². The molecule has 2 unspecified atom stereocenters. The van der Waals surface area contributed by atoms with Crippen LogP contribution in [0.15, 0.2) is 72.8 Å². The highest BCUT2D eigenvalue weighted by Crippen LogP contribution is 2.27. The van der Waals surface area contributed by atoms with Gasteiger partial charge in [0.2, 0.25) is 5.91 Å². The summed E-state index contributed by atoms with van der Waals surface area (Å²) >= 11 is 0. The molecule has 214 valence electrons. The van der Waals surface area contributed by atoms with Crippen LogP contribution in [0, 0.1) is 26.2 Å². The number of benzene rings is 3. The summed E-state index contributed by atoms with van der Waals surface area (Å²) in [5.41, 5.74) is 3.86. The SMILES string of the molecule is C#Cc1ccc(C(C(=O)Nc2c(C)cccc2C)N(CC)C(=O)C(Cc2ccccc2)NC(=O)OC(C)(C)C)cc1. The summed E-state index contributed by atoms with van der Waals surface area (Å²) < 4.78 is 5.47. The Morgan fingerprint density at radius 1 is 0.927 bits per heavy atom. The van der Waals surface area contributed by atoms with E-state index < -0.39 is 29.7 Å². The first kappa shape index (κ1) is 31.0. The van der Waals surface area contributed by atoms with Gasteiger partial charge in [-0.1, -0.05) is 66.6 Å². The minimum atomic E-state index is -0.989. The molecule has 3 aromatic carbocycles. The zero-order valence-corrected chi connectivity index (χ0v) is 24.7. The molecule has 0 spiro atoms. The Kier molecular flexibility index (Phi) is 10.3. The number of hydrogen-bond acceptors (Lipinski definition) is 4. The summed E-state index contributed by atoms with van der Waals surface area (Å²) in [6.45, 7) is 11.1. The Morgan fingerprint density at radius 2 is 1.54 bits per heavy atom. The molecule has 7 nitrogen and oxygen atoms in total. The Balaban J connectivity index is 2.04. The zero-order chi connectivity index (χ0) is 30.2. The Hall–Kier alpha value is -4.57. The maximum absolute atomic E-state index is 14.3. The summed E-state index contributed by atoms with van der Waals surface area (Å²) in [6.07, 6.45) is 5.07. The van der Waals surface area contributed by atoms with E-state index in [1.54, 1.807) is 52.0 Å². The highest BCUT2D eigenvalue weighted by molar-refractivity contribution is 6.00. The number of para-hydroxylation sites is 1. The number of nitrogens with one attached hydrogen (secondary N) is 2. The number of nitrogens with zero attached hydrogens (tertiary/aromatic N) is 1. The van der Waals surface area contributed by atoms with Crippen molar-refractivity contribution in [3.05, 3.63) is 101 Å². The zero-order valence-electron chi connectivity index (χ0n) is 24.7. The largest absolute Gasteiger partial charge is 0.444 e.